The fourth-order valence-corrected chi connectivity index (χ4v) is 1.32. The van der Waals surface area contributed by atoms with Gasteiger partial charge in [0.2, 0.25) is 4.58 Å². The maximum absolute atomic E-state index is 13.0. The Kier molecular flexibility index (Phi) is 2.29. The van der Waals surface area contributed by atoms with Crippen molar-refractivity contribution in [1.82, 2.24) is 0 Å². The van der Waals surface area contributed by atoms with E-state index in [2.05, 4.69) is 15.9 Å². The van der Waals surface area contributed by atoms with Crippen molar-refractivity contribution in [2.24, 2.45) is 0 Å². The van der Waals surface area contributed by atoms with E-state index in [0.717, 1.165) is 0 Å². The first-order valence-electron chi connectivity index (χ1n) is 3.01. The lowest BCUT2D eigenvalue weighted by Gasteiger charge is -2.19. The van der Waals surface area contributed by atoms with Crippen LogP contribution in [0, 0.1) is 11.3 Å². The third kappa shape index (κ3) is 1.53. The molecule has 5 heteroatoms. The number of rotatable bonds is 0. The van der Waals surface area contributed by atoms with Crippen molar-refractivity contribution in [3.63, 3.8) is 0 Å². The van der Waals surface area contributed by atoms with Crippen molar-refractivity contribution in [3.8, 4) is 6.07 Å². The van der Waals surface area contributed by atoms with Crippen LogP contribution in [-0.4, -0.2) is 4.58 Å². The van der Waals surface area contributed by atoms with Crippen LogP contribution < -0.4 is 0 Å². The standard InChI is InChI=1S/C7H3BrF3N/c8-7(11)2-4(3-12)1-5(9)6(7)10/h1H,2H2. The van der Waals surface area contributed by atoms with Crippen molar-refractivity contribution in [3.05, 3.63) is 23.3 Å². The van der Waals surface area contributed by atoms with E-state index in [0.29, 0.717) is 6.08 Å². The minimum Gasteiger partial charge on any atom is -0.223 e. The van der Waals surface area contributed by atoms with Gasteiger partial charge in [-0.2, -0.15) is 5.26 Å². The van der Waals surface area contributed by atoms with Crippen molar-refractivity contribution in [1.29, 1.82) is 5.26 Å². The summed E-state index contributed by atoms with van der Waals surface area (Å²) >= 11 is 2.35. The average Bonchev–Trinajstić information content (AvgIpc) is 1.99. The van der Waals surface area contributed by atoms with E-state index in [1.807, 2.05) is 0 Å². The van der Waals surface area contributed by atoms with Gasteiger partial charge in [0.1, 0.15) is 0 Å². The lowest BCUT2D eigenvalue weighted by atomic mass is 10.0. The number of halogens is 4. The first-order chi connectivity index (χ1) is 5.47. The molecule has 1 atom stereocenters. The fourth-order valence-electron chi connectivity index (χ4n) is 0.831. The molecule has 0 bridgehead atoms. The predicted octanol–water partition coefficient (Wildman–Crippen LogP) is 3.05. The number of hydrogen-bond donors (Lipinski definition) is 0. The predicted molar refractivity (Wildman–Crippen MR) is 40.3 cm³/mol. The summed E-state index contributed by atoms with van der Waals surface area (Å²) in [6, 6.07) is 1.56. The highest BCUT2D eigenvalue weighted by Crippen LogP contribution is 2.42. The summed E-state index contributed by atoms with van der Waals surface area (Å²) in [6.07, 6.45) is 0.206. The second-order valence-electron chi connectivity index (χ2n) is 2.32. The van der Waals surface area contributed by atoms with Gasteiger partial charge in [-0.3, -0.25) is 0 Å². The molecule has 0 aromatic rings. The van der Waals surface area contributed by atoms with E-state index in [1.54, 1.807) is 6.07 Å². The van der Waals surface area contributed by atoms with Crippen LogP contribution in [-0.2, 0) is 0 Å². The molecule has 12 heavy (non-hydrogen) atoms. The number of allylic oxidation sites excluding steroid dienone is 4. The molecule has 0 aromatic heterocycles. The van der Waals surface area contributed by atoms with E-state index >= 15 is 0 Å². The molecule has 0 aliphatic heterocycles. The van der Waals surface area contributed by atoms with Crippen LogP contribution in [0.1, 0.15) is 6.42 Å². The van der Waals surface area contributed by atoms with Crippen molar-refractivity contribution in [2.45, 2.75) is 11.0 Å². The molecule has 1 aliphatic carbocycles. The normalized spacial score (nSPS) is 29.8. The van der Waals surface area contributed by atoms with Gasteiger partial charge in [0, 0.05) is 12.0 Å². The molecule has 0 heterocycles. The van der Waals surface area contributed by atoms with Gasteiger partial charge in [-0.1, -0.05) is 0 Å². The van der Waals surface area contributed by atoms with Crippen LogP contribution in [0.2, 0.25) is 0 Å². The van der Waals surface area contributed by atoms with Gasteiger partial charge in [-0.05, 0) is 22.0 Å². The second kappa shape index (κ2) is 2.94. The third-order valence-corrected chi connectivity index (χ3v) is 2.02. The number of nitrogens with zero attached hydrogens (tertiary/aromatic N) is 1. The zero-order valence-electron chi connectivity index (χ0n) is 5.74. The smallest absolute Gasteiger partial charge is 0.223 e. The Hall–Kier alpha value is -0.760. The maximum atomic E-state index is 13.0. The van der Waals surface area contributed by atoms with Crippen molar-refractivity contribution in [2.75, 3.05) is 0 Å². The lowest BCUT2D eigenvalue weighted by Crippen LogP contribution is -2.19. The lowest BCUT2D eigenvalue weighted by molar-refractivity contribution is 0.279. The Morgan fingerprint density at radius 1 is 1.58 bits per heavy atom. The highest BCUT2D eigenvalue weighted by molar-refractivity contribution is 9.10. The quantitative estimate of drug-likeness (QED) is 0.595. The van der Waals surface area contributed by atoms with Crippen LogP contribution in [0.3, 0.4) is 0 Å². The molecule has 0 N–H and O–H groups in total. The minimum absolute atomic E-state index is 0.131. The highest BCUT2D eigenvalue weighted by atomic mass is 79.9. The van der Waals surface area contributed by atoms with E-state index in [4.69, 9.17) is 5.26 Å². The second-order valence-corrected chi connectivity index (χ2v) is 3.58. The fraction of sp³-hybridized carbons (Fsp3) is 0.286. The summed E-state index contributed by atoms with van der Waals surface area (Å²) in [5.41, 5.74) is -0.131. The maximum Gasteiger partial charge on any atom is 0.223 e. The molecule has 0 radical (unpaired) electrons. The largest absolute Gasteiger partial charge is 0.223 e. The van der Waals surface area contributed by atoms with E-state index in [-0.39, 0.29) is 5.57 Å². The first-order valence-corrected chi connectivity index (χ1v) is 3.81. The van der Waals surface area contributed by atoms with E-state index in [1.165, 1.54) is 0 Å². The van der Waals surface area contributed by atoms with E-state index in [9.17, 15) is 13.2 Å². The Labute approximate surface area is 75.3 Å². The monoisotopic (exact) mass is 237 g/mol. The van der Waals surface area contributed by atoms with Gasteiger partial charge in [0.05, 0.1) is 6.07 Å². The van der Waals surface area contributed by atoms with Crippen LogP contribution in [0.15, 0.2) is 23.3 Å². The molecular weight excluding hydrogens is 235 g/mol. The van der Waals surface area contributed by atoms with E-state index < -0.39 is 22.7 Å². The average molecular weight is 238 g/mol. The van der Waals surface area contributed by atoms with Gasteiger partial charge >= 0.3 is 0 Å². The minimum atomic E-state index is -2.56. The van der Waals surface area contributed by atoms with Crippen LogP contribution in [0.25, 0.3) is 0 Å². The molecule has 1 rings (SSSR count). The zero-order valence-corrected chi connectivity index (χ0v) is 7.33. The third-order valence-electron chi connectivity index (χ3n) is 1.39. The van der Waals surface area contributed by atoms with Crippen LogP contribution in [0.4, 0.5) is 13.2 Å². The molecule has 0 spiro atoms. The molecule has 0 amide bonds. The highest BCUT2D eigenvalue weighted by Gasteiger charge is 2.38. The van der Waals surface area contributed by atoms with Gasteiger partial charge in [-0.15, -0.1) is 0 Å². The molecule has 0 fully saturated rings. The summed E-state index contributed by atoms with van der Waals surface area (Å²) in [4.78, 5) is 0. The Morgan fingerprint density at radius 3 is 2.58 bits per heavy atom. The summed E-state index contributed by atoms with van der Waals surface area (Å²) < 4.78 is 35.6. The Balaban J connectivity index is 3.13. The molecule has 1 unspecified atom stereocenters. The molecule has 1 nitrogen and oxygen atoms in total. The topological polar surface area (TPSA) is 23.8 Å². The number of alkyl halides is 2. The van der Waals surface area contributed by atoms with Gasteiger partial charge in [-0.25, -0.2) is 13.2 Å². The molecular formula is C7H3BrF3N. The van der Waals surface area contributed by atoms with Crippen LogP contribution >= 0.6 is 15.9 Å². The van der Waals surface area contributed by atoms with Gasteiger partial charge in [0.25, 0.3) is 0 Å². The summed E-state index contributed by atoms with van der Waals surface area (Å²) in [7, 11) is 0. The molecule has 1 aliphatic rings. The van der Waals surface area contributed by atoms with Crippen LogP contribution in [0.5, 0.6) is 0 Å². The summed E-state index contributed by atoms with van der Waals surface area (Å²) in [5.74, 6) is -2.85. The zero-order chi connectivity index (χ0) is 9.35. The molecule has 0 aromatic carbocycles. The molecule has 0 saturated heterocycles. The molecule has 64 valence electrons. The number of hydrogen-bond acceptors (Lipinski definition) is 1. The van der Waals surface area contributed by atoms with Gasteiger partial charge < -0.3 is 0 Å². The summed E-state index contributed by atoms with van der Waals surface area (Å²) in [6.45, 7) is 0. The Morgan fingerprint density at radius 2 is 2.17 bits per heavy atom. The molecule has 0 saturated carbocycles. The van der Waals surface area contributed by atoms with Gasteiger partial charge in [0.15, 0.2) is 11.7 Å². The SMILES string of the molecule is N#CC1=CC(F)=C(F)C(F)(Br)C1. The summed E-state index contributed by atoms with van der Waals surface area (Å²) in [5, 5.41) is 8.31. The number of nitriles is 1. The van der Waals surface area contributed by atoms with Crippen molar-refractivity contribution < 1.29 is 13.2 Å². The Bertz CT molecular complexity index is 311. The van der Waals surface area contributed by atoms with Crippen molar-refractivity contribution >= 4 is 15.9 Å². The first kappa shape index (κ1) is 9.33.